The van der Waals surface area contributed by atoms with Crippen LogP contribution < -0.4 is 5.32 Å². The van der Waals surface area contributed by atoms with Gasteiger partial charge in [-0.25, -0.2) is 0 Å². The van der Waals surface area contributed by atoms with Crippen molar-refractivity contribution in [3.05, 3.63) is 11.3 Å². The second-order valence-corrected chi connectivity index (χ2v) is 5.00. The highest BCUT2D eigenvalue weighted by atomic mass is 32.1. The molecule has 0 radical (unpaired) electrons. The maximum atomic E-state index is 11.4. The van der Waals surface area contributed by atoms with Crippen LogP contribution >= 0.6 is 11.5 Å². The Morgan fingerprint density at radius 1 is 1.56 bits per heavy atom. The molecule has 90 valence electrons. The van der Waals surface area contributed by atoms with E-state index in [1.165, 1.54) is 11.5 Å². The Hall–Kier alpha value is -0.940. The average Bonchev–Trinajstić information content (AvgIpc) is 2.55. The summed E-state index contributed by atoms with van der Waals surface area (Å²) in [7, 11) is 4.08. The van der Waals surface area contributed by atoms with Gasteiger partial charge in [-0.1, -0.05) is 0 Å². The first kappa shape index (κ1) is 13.1. The quantitative estimate of drug-likeness (QED) is 0.801. The van der Waals surface area contributed by atoms with E-state index in [4.69, 9.17) is 0 Å². The van der Waals surface area contributed by atoms with Gasteiger partial charge in [0.15, 0.2) is 5.78 Å². The number of likely N-dealkylation sites (N-methyl/N-ethyl adjacent to an activating group) is 1. The van der Waals surface area contributed by atoms with Crippen LogP contribution in [0.3, 0.4) is 0 Å². The molecule has 0 aliphatic carbocycles. The zero-order valence-corrected chi connectivity index (χ0v) is 11.3. The van der Waals surface area contributed by atoms with Crippen molar-refractivity contribution in [3.63, 3.8) is 0 Å². The predicted molar refractivity (Wildman–Crippen MR) is 68.5 cm³/mol. The van der Waals surface area contributed by atoms with Gasteiger partial charge in [0.05, 0.1) is 11.3 Å². The van der Waals surface area contributed by atoms with E-state index in [-0.39, 0.29) is 5.78 Å². The molecule has 0 saturated carbocycles. The van der Waals surface area contributed by atoms with Crippen molar-refractivity contribution in [2.75, 3.05) is 26.0 Å². The summed E-state index contributed by atoms with van der Waals surface area (Å²) in [5, 5.41) is 4.18. The molecule has 16 heavy (non-hydrogen) atoms. The third kappa shape index (κ3) is 3.02. The van der Waals surface area contributed by atoms with Gasteiger partial charge in [0.1, 0.15) is 5.00 Å². The van der Waals surface area contributed by atoms with E-state index >= 15 is 0 Å². The van der Waals surface area contributed by atoms with Crippen LogP contribution in [0.15, 0.2) is 0 Å². The zero-order valence-electron chi connectivity index (χ0n) is 10.5. The van der Waals surface area contributed by atoms with Gasteiger partial charge in [0.25, 0.3) is 0 Å². The molecule has 0 fully saturated rings. The van der Waals surface area contributed by atoms with Crippen LogP contribution in [0.5, 0.6) is 0 Å². The normalized spacial score (nSPS) is 12.9. The van der Waals surface area contributed by atoms with Gasteiger partial charge in [-0.2, -0.15) is 4.37 Å². The van der Waals surface area contributed by atoms with Crippen LogP contribution in [-0.2, 0) is 0 Å². The van der Waals surface area contributed by atoms with Gasteiger partial charge < -0.3 is 10.2 Å². The van der Waals surface area contributed by atoms with Crippen molar-refractivity contribution < 1.29 is 4.79 Å². The number of Topliss-reactive ketones (excluding diaryl/α,β-unsaturated/α-hetero) is 1. The number of ketones is 1. The predicted octanol–water partition coefficient (Wildman–Crippen LogP) is 2.02. The van der Waals surface area contributed by atoms with Gasteiger partial charge in [-0.05, 0) is 46.4 Å². The Balaban J connectivity index is 2.71. The molecule has 1 unspecified atom stereocenters. The molecule has 0 aromatic carbocycles. The number of hydrogen-bond acceptors (Lipinski definition) is 5. The van der Waals surface area contributed by atoms with Gasteiger partial charge in [-0.15, -0.1) is 0 Å². The maximum absolute atomic E-state index is 11.4. The van der Waals surface area contributed by atoms with Crippen molar-refractivity contribution in [2.45, 2.75) is 26.8 Å². The third-order valence-electron chi connectivity index (χ3n) is 2.65. The third-order valence-corrected chi connectivity index (χ3v) is 3.55. The molecule has 1 rings (SSSR count). The number of carbonyl (C=O) groups is 1. The lowest BCUT2D eigenvalue weighted by Crippen LogP contribution is -2.31. The molecule has 1 aromatic heterocycles. The Morgan fingerprint density at radius 2 is 2.19 bits per heavy atom. The summed E-state index contributed by atoms with van der Waals surface area (Å²) in [5.41, 5.74) is 1.55. The topological polar surface area (TPSA) is 45.2 Å². The molecule has 1 N–H and O–H groups in total. The summed E-state index contributed by atoms with van der Waals surface area (Å²) in [6.07, 6.45) is 0. The molecular weight excluding hydrogens is 222 g/mol. The van der Waals surface area contributed by atoms with Gasteiger partial charge in [-0.3, -0.25) is 4.79 Å². The minimum Gasteiger partial charge on any atom is -0.374 e. The van der Waals surface area contributed by atoms with Crippen molar-refractivity contribution in [1.29, 1.82) is 0 Å². The summed E-state index contributed by atoms with van der Waals surface area (Å²) in [5.74, 6) is 0.0752. The molecule has 1 atom stereocenters. The number of aromatic nitrogens is 1. The number of nitrogens with one attached hydrogen (secondary N) is 1. The lowest BCUT2D eigenvalue weighted by atomic mass is 10.2. The molecule has 0 spiro atoms. The second kappa shape index (κ2) is 5.41. The Bertz CT molecular complexity index is 373. The molecule has 0 bridgehead atoms. The van der Waals surface area contributed by atoms with E-state index in [1.54, 1.807) is 6.92 Å². The summed E-state index contributed by atoms with van der Waals surface area (Å²) in [4.78, 5) is 13.6. The minimum absolute atomic E-state index is 0.0752. The Morgan fingerprint density at radius 3 is 2.69 bits per heavy atom. The molecule has 4 nitrogen and oxygen atoms in total. The average molecular weight is 241 g/mol. The molecule has 1 aromatic rings. The number of hydrogen-bond donors (Lipinski definition) is 1. The summed E-state index contributed by atoms with van der Waals surface area (Å²) in [6.45, 7) is 6.40. The van der Waals surface area contributed by atoms with E-state index in [0.29, 0.717) is 6.04 Å². The Labute approximate surface area is 101 Å². The van der Waals surface area contributed by atoms with Gasteiger partial charge in [0.2, 0.25) is 0 Å². The van der Waals surface area contributed by atoms with E-state index < -0.39 is 0 Å². The van der Waals surface area contributed by atoms with Crippen LogP contribution in [-0.4, -0.2) is 41.7 Å². The zero-order chi connectivity index (χ0) is 12.3. The highest BCUT2D eigenvalue weighted by Crippen LogP contribution is 2.24. The van der Waals surface area contributed by atoms with Crippen molar-refractivity contribution >= 4 is 22.3 Å². The van der Waals surface area contributed by atoms with E-state index in [1.807, 2.05) is 21.0 Å². The highest BCUT2D eigenvalue weighted by molar-refractivity contribution is 7.10. The van der Waals surface area contributed by atoms with E-state index in [0.717, 1.165) is 22.8 Å². The lowest BCUT2D eigenvalue weighted by Gasteiger charge is -2.20. The standard InChI is InChI=1S/C11H19N3OS/c1-7(14(4)5)6-12-11-10(9(3)15)8(2)13-16-11/h7,12H,6H2,1-5H3. The molecule has 0 aliphatic rings. The summed E-state index contributed by atoms with van der Waals surface area (Å²) >= 11 is 1.36. The number of nitrogens with zero attached hydrogens (tertiary/aromatic N) is 2. The van der Waals surface area contributed by atoms with Crippen molar-refractivity contribution in [3.8, 4) is 0 Å². The fourth-order valence-electron chi connectivity index (χ4n) is 1.33. The van der Waals surface area contributed by atoms with Crippen LogP contribution in [0.4, 0.5) is 5.00 Å². The van der Waals surface area contributed by atoms with Gasteiger partial charge >= 0.3 is 0 Å². The fraction of sp³-hybridized carbons (Fsp3) is 0.636. The van der Waals surface area contributed by atoms with Crippen LogP contribution in [0.25, 0.3) is 0 Å². The fourth-order valence-corrected chi connectivity index (χ4v) is 2.18. The minimum atomic E-state index is 0.0752. The molecular formula is C11H19N3OS. The first-order valence-electron chi connectivity index (χ1n) is 5.31. The smallest absolute Gasteiger partial charge is 0.164 e. The first-order chi connectivity index (χ1) is 7.43. The van der Waals surface area contributed by atoms with Crippen molar-refractivity contribution in [2.24, 2.45) is 0 Å². The monoisotopic (exact) mass is 241 g/mol. The Kier molecular flexibility index (Phi) is 4.44. The number of aryl methyl sites for hydroxylation is 1. The number of carbonyl (C=O) groups excluding carboxylic acids is 1. The van der Waals surface area contributed by atoms with Gasteiger partial charge in [0, 0.05) is 12.6 Å². The highest BCUT2D eigenvalue weighted by Gasteiger charge is 2.15. The second-order valence-electron chi connectivity index (χ2n) is 4.22. The van der Waals surface area contributed by atoms with Crippen LogP contribution in [0.2, 0.25) is 0 Å². The summed E-state index contributed by atoms with van der Waals surface area (Å²) < 4.78 is 4.21. The van der Waals surface area contributed by atoms with Crippen molar-refractivity contribution in [1.82, 2.24) is 9.27 Å². The van der Waals surface area contributed by atoms with Crippen LogP contribution in [0.1, 0.15) is 29.9 Å². The molecule has 0 amide bonds. The molecule has 5 heteroatoms. The maximum Gasteiger partial charge on any atom is 0.164 e. The lowest BCUT2D eigenvalue weighted by molar-refractivity contribution is 0.101. The molecule has 0 saturated heterocycles. The van der Waals surface area contributed by atoms with E-state index in [9.17, 15) is 4.79 Å². The molecule has 1 heterocycles. The number of anilines is 1. The first-order valence-corrected chi connectivity index (χ1v) is 6.08. The SMILES string of the molecule is CC(=O)c1c(C)nsc1NCC(C)N(C)C. The van der Waals surface area contributed by atoms with Crippen LogP contribution in [0, 0.1) is 6.92 Å². The van der Waals surface area contributed by atoms with E-state index in [2.05, 4.69) is 21.5 Å². The summed E-state index contributed by atoms with van der Waals surface area (Å²) in [6, 6.07) is 0.419. The number of rotatable bonds is 5. The largest absolute Gasteiger partial charge is 0.374 e. The molecule has 0 aliphatic heterocycles.